The molecule has 0 unspecified atom stereocenters. The van der Waals surface area contributed by atoms with E-state index in [1.807, 2.05) is 30.3 Å². The summed E-state index contributed by atoms with van der Waals surface area (Å²) in [6.45, 7) is 0. The van der Waals surface area contributed by atoms with E-state index in [-0.39, 0.29) is 0 Å². The van der Waals surface area contributed by atoms with Gasteiger partial charge in [-0.25, -0.2) is 0 Å². The molecule has 106 valence electrons. The number of halogens is 3. The van der Waals surface area contributed by atoms with E-state index in [2.05, 4.69) is 10.3 Å². The van der Waals surface area contributed by atoms with Crippen molar-refractivity contribution in [1.29, 1.82) is 0 Å². The molecule has 0 saturated heterocycles. The number of aromatic nitrogens is 1. The smallest absolute Gasteiger partial charge is 0.355 e. The molecule has 0 spiro atoms. The number of fused-ring (bicyclic) bond motifs is 1. The Balaban J connectivity index is 1.92. The first-order chi connectivity index (χ1) is 10.0. The maximum absolute atomic E-state index is 12.5. The summed E-state index contributed by atoms with van der Waals surface area (Å²) in [4.78, 5) is 4.24. The van der Waals surface area contributed by atoms with Gasteiger partial charge in [-0.05, 0) is 48.5 Å². The molecule has 0 aliphatic heterocycles. The first-order valence-corrected chi connectivity index (χ1v) is 6.32. The Bertz CT molecular complexity index is 759. The standard InChI is InChI=1S/C16H11F3N2/c17-16(18,19)11-6-8-12(9-7-11)21-15-5-1-4-14-13(15)3-2-10-20-14/h1-10,21H. The van der Waals surface area contributed by atoms with Crippen LogP contribution in [-0.4, -0.2) is 4.98 Å². The van der Waals surface area contributed by atoms with E-state index in [9.17, 15) is 13.2 Å². The van der Waals surface area contributed by atoms with Gasteiger partial charge in [-0.2, -0.15) is 13.2 Å². The van der Waals surface area contributed by atoms with Gasteiger partial charge in [0.25, 0.3) is 0 Å². The molecule has 5 heteroatoms. The van der Waals surface area contributed by atoms with Crippen LogP contribution in [0, 0.1) is 0 Å². The average Bonchev–Trinajstić information content (AvgIpc) is 2.47. The molecule has 0 bridgehead atoms. The van der Waals surface area contributed by atoms with Crippen LogP contribution < -0.4 is 5.32 Å². The summed E-state index contributed by atoms with van der Waals surface area (Å²) >= 11 is 0. The molecule has 3 rings (SSSR count). The molecule has 1 N–H and O–H groups in total. The second-order valence-electron chi connectivity index (χ2n) is 4.58. The van der Waals surface area contributed by atoms with Gasteiger partial charge in [0.1, 0.15) is 0 Å². The number of hydrogen-bond acceptors (Lipinski definition) is 2. The Kier molecular flexibility index (Phi) is 3.25. The highest BCUT2D eigenvalue weighted by molar-refractivity contribution is 5.92. The third-order valence-corrected chi connectivity index (χ3v) is 3.14. The third-order valence-electron chi connectivity index (χ3n) is 3.14. The van der Waals surface area contributed by atoms with Gasteiger partial charge < -0.3 is 5.32 Å². The Labute approximate surface area is 119 Å². The molecule has 21 heavy (non-hydrogen) atoms. The lowest BCUT2D eigenvalue weighted by Crippen LogP contribution is -2.04. The zero-order valence-corrected chi connectivity index (χ0v) is 10.9. The van der Waals surface area contributed by atoms with Gasteiger partial charge in [0, 0.05) is 23.0 Å². The number of nitrogens with zero attached hydrogens (tertiary/aromatic N) is 1. The molecule has 0 amide bonds. The number of hydrogen-bond donors (Lipinski definition) is 1. The Hall–Kier alpha value is -2.56. The summed E-state index contributed by atoms with van der Waals surface area (Å²) in [5.74, 6) is 0. The Morgan fingerprint density at radius 3 is 2.33 bits per heavy atom. The molecule has 1 heterocycles. The van der Waals surface area contributed by atoms with Gasteiger partial charge in [-0.1, -0.05) is 6.07 Å². The average molecular weight is 288 g/mol. The van der Waals surface area contributed by atoms with Gasteiger partial charge in [-0.15, -0.1) is 0 Å². The molecule has 0 radical (unpaired) electrons. The van der Waals surface area contributed by atoms with Crippen molar-refractivity contribution in [2.45, 2.75) is 6.18 Å². The highest BCUT2D eigenvalue weighted by Gasteiger charge is 2.29. The van der Waals surface area contributed by atoms with E-state index >= 15 is 0 Å². The number of benzene rings is 2. The van der Waals surface area contributed by atoms with E-state index in [0.29, 0.717) is 5.69 Å². The predicted octanol–water partition coefficient (Wildman–Crippen LogP) is 5.00. The highest BCUT2D eigenvalue weighted by Crippen LogP contribution is 2.31. The normalized spacial score (nSPS) is 11.6. The minimum Gasteiger partial charge on any atom is -0.355 e. The van der Waals surface area contributed by atoms with Crippen LogP contribution in [0.2, 0.25) is 0 Å². The number of nitrogens with one attached hydrogen (secondary N) is 1. The van der Waals surface area contributed by atoms with Crippen molar-refractivity contribution in [2.24, 2.45) is 0 Å². The van der Waals surface area contributed by atoms with Gasteiger partial charge in [0.2, 0.25) is 0 Å². The van der Waals surface area contributed by atoms with Crippen LogP contribution >= 0.6 is 0 Å². The molecular formula is C16H11F3N2. The minimum absolute atomic E-state index is 0.597. The second-order valence-corrected chi connectivity index (χ2v) is 4.58. The van der Waals surface area contributed by atoms with Crippen LogP contribution in [0.5, 0.6) is 0 Å². The molecule has 3 aromatic rings. The zero-order chi connectivity index (χ0) is 14.9. The fraction of sp³-hybridized carbons (Fsp3) is 0.0625. The van der Waals surface area contributed by atoms with E-state index < -0.39 is 11.7 Å². The SMILES string of the molecule is FC(F)(F)c1ccc(Nc2cccc3ncccc23)cc1. The maximum Gasteiger partial charge on any atom is 0.416 e. The van der Waals surface area contributed by atoms with Crippen molar-refractivity contribution in [1.82, 2.24) is 4.98 Å². The zero-order valence-electron chi connectivity index (χ0n) is 10.9. The Morgan fingerprint density at radius 2 is 1.62 bits per heavy atom. The maximum atomic E-state index is 12.5. The molecule has 0 aliphatic rings. The predicted molar refractivity (Wildman–Crippen MR) is 76.5 cm³/mol. The molecule has 2 nitrogen and oxygen atoms in total. The lowest BCUT2D eigenvalue weighted by molar-refractivity contribution is -0.137. The first-order valence-electron chi connectivity index (χ1n) is 6.32. The van der Waals surface area contributed by atoms with Crippen molar-refractivity contribution < 1.29 is 13.2 Å². The van der Waals surface area contributed by atoms with Crippen LogP contribution in [0.15, 0.2) is 60.8 Å². The molecule has 0 aliphatic carbocycles. The van der Waals surface area contributed by atoms with Gasteiger partial charge in [0.15, 0.2) is 0 Å². The summed E-state index contributed by atoms with van der Waals surface area (Å²) in [5, 5.41) is 4.03. The largest absolute Gasteiger partial charge is 0.416 e. The van der Waals surface area contributed by atoms with Crippen LogP contribution in [-0.2, 0) is 6.18 Å². The van der Waals surface area contributed by atoms with Crippen molar-refractivity contribution in [3.63, 3.8) is 0 Å². The van der Waals surface area contributed by atoms with Gasteiger partial charge in [-0.3, -0.25) is 4.98 Å². The van der Waals surface area contributed by atoms with E-state index in [1.54, 1.807) is 6.20 Å². The van der Waals surface area contributed by atoms with E-state index in [4.69, 9.17) is 0 Å². The molecule has 0 atom stereocenters. The fourth-order valence-electron chi connectivity index (χ4n) is 2.11. The topological polar surface area (TPSA) is 24.9 Å². The molecule has 1 aromatic heterocycles. The van der Waals surface area contributed by atoms with Crippen molar-refractivity contribution in [3.8, 4) is 0 Å². The molecule has 0 saturated carbocycles. The quantitative estimate of drug-likeness (QED) is 0.718. The highest BCUT2D eigenvalue weighted by atomic mass is 19.4. The number of pyridine rings is 1. The molecule has 0 fully saturated rings. The summed E-state index contributed by atoms with van der Waals surface area (Å²) in [6.07, 6.45) is -2.62. The van der Waals surface area contributed by atoms with Gasteiger partial charge in [0.05, 0.1) is 11.1 Å². The summed E-state index contributed by atoms with van der Waals surface area (Å²) in [6, 6.07) is 14.3. The first kappa shape index (κ1) is 13.4. The van der Waals surface area contributed by atoms with Crippen LogP contribution in [0.4, 0.5) is 24.5 Å². The van der Waals surface area contributed by atoms with Crippen molar-refractivity contribution in [3.05, 3.63) is 66.4 Å². The number of rotatable bonds is 2. The summed E-state index contributed by atoms with van der Waals surface area (Å²) in [7, 11) is 0. The summed E-state index contributed by atoms with van der Waals surface area (Å²) < 4.78 is 37.6. The third kappa shape index (κ3) is 2.81. The van der Waals surface area contributed by atoms with Gasteiger partial charge >= 0.3 is 6.18 Å². The van der Waals surface area contributed by atoms with E-state index in [0.717, 1.165) is 28.7 Å². The molecular weight excluding hydrogens is 277 g/mol. The lowest BCUT2D eigenvalue weighted by Gasteiger charge is -2.11. The van der Waals surface area contributed by atoms with Crippen molar-refractivity contribution in [2.75, 3.05) is 5.32 Å². The van der Waals surface area contributed by atoms with Crippen LogP contribution in [0.25, 0.3) is 10.9 Å². The Morgan fingerprint density at radius 1 is 0.857 bits per heavy atom. The van der Waals surface area contributed by atoms with E-state index in [1.165, 1.54) is 12.1 Å². The summed E-state index contributed by atoms with van der Waals surface area (Å²) in [5.41, 5.74) is 1.57. The molecule has 2 aromatic carbocycles. The minimum atomic E-state index is -4.32. The van der Waals surface area contributed by atoms with Crippen molar-refractivity contribution >= 4 is 22.3 Å². The lowest BCUT2D eigenvalue weighted by atomic mass is 10.1. The fourth-order valence-corrected chi connectivity index (χ4v) is 2.11. The second kappa shape index (κ2) is 5.09. The number of alkyl halides is 3. The number of anilines is 2. The monoisotopic (exact) mass is 288 g/mol. The van der Waals surface area contributed by atoms with Crippen LogP contribution in [0.1, 0.15) is 5.56 Å². The van der Waals surface area contributed by atoms with Crippen LogP contribution in [0.3, 0.4) is 0 Å².